The van der Waals surface area contributed by atoms with Crippen LogP contribution in [0.3, 0.4) is 0 Å². The van der Waals surface area contributed by atoms with E-state index in [9.17, 15) is 0 Å². The molecule has 6 nitrogen and oxygen atoms in total. The highest BCUT2D eigenvalue weighted by molar-refractivity contribution is 6.36. The zero-order chi connectivity index (χ0) is 26.1. The summed E-state index contributed by atoms with van der Waals surface area (Å²) in [6.07, 6.45) is 7.76. The van der Waals surface area contributed by atoms with Gasteiger partial charge in [0.25, 0.3) is 0 Å². The van der Waals surface area contributed by atoms with Gasteiger partial charge in [-0.2, -0.15) is 9.97 Å². The van der Waals surface area contributed by atoms with Gasteiger partial charge in [-0.05, 0) is 75.2 Å². The number of hydrogen-bond acceptors (Lipinski definition) is 5. The van der Waals surface area contributed by atoms with Crippen molar-refractivity contribution in [1.29, 1.82) is 0 Å². The maximum Gasteiger partial charge on any atom is 0.316 e. The average molecular weight is 530 g/mol. The van der Waals surface area contributed by atoms with Gasteiger partial charge in [0.2, 0.25) is 6.54 Å². The third-order valence-corrected chi connectivity index (χ3v) is 9.16. The van der Waals surface area contributed by atoms with E-state index in [0.717, 1.165) is 78.8 Å². The Hall–Kier alpha value is -2.88. The number of benzene rings is 2. The Morgan fingerprint density at radius 3 is 2.76 bits per heavy atom. The van der Waals surface area contributed by atoms with Gasteiger partial charge in [0, 0.05) is 35.5 Å². The zero-order valence-corrected chi connectivity index (χ0v) is 23.0. The normalized spacial score (nSPS) is 23.8. The fourth-order valence-electron chi connectivity index (χ4n) is 6.78. The third-order valence-electron chi connectivity index (χ3n) is 8.84. The summed E-state index contributed by atoms with van der Waals surface area (Å²) in [5.74, 6) is 0.841. The minimum absolute atomic E-state index is 0.377. The van der Waals surface area contributed by atoms with Crippen LogP contribution >= 0.6 is 11.6 Å². The van der Waals surface area contributed by atoms with Crippen LogP contribution in [0, 0.1) is 12.5 Å². The number of nitrogens with zero attached hydrogens (tertiary/aromatic N) is 5. The molecule has 1 saturated heterocycles. The predicted octanol–water partition coefficient (Wildman–Crippen LogP) is 6.51. The number of halogens is 1. The van der Waals surface area contributed by atoms with Crippen LogP contribution in [0.15, 0.2) is 36.4 Å². The van der Waals surface area contributed by atoms with Crippen molar-refractivity contribution in [3.05, 3.63) is 69.8 Å². The third kappa shape index (κ3) is 5.07. The molecule has 3 aliphatic rings. The number of hydrogen-bond donors (Lipinski definition) is 0. The van der Waals surface area contributed by atoms with Crippen molar-refractivity contribution >= 4 is 28.1 Å². The summed E-state index contributed by atoms with van der Waals surface area (Å²) in [6.45, 7) is 11.4. The van der Waals surface area contributed by atoms with E-state index in [2.05, 4.69) is 46.0 Å². The molecule has 7 heteroatoms. The molecule has 2 fully saturated rings. The molecule has 1 aromatic heterocycles. The van der Waals surface area contributed by atoms with Crippen LogP contribution in [0.25, 0.3) is 15.6 Å². The van der Waals surface area contributed by atoms with E-state index in [-0.39, 0.29) is 0 Å². The van der Waals surface area contributed by atoms with Crippen molar-refractivity contribution in [2.24, 2.45) is 5.92 Å². The summed E-state index contributed by atoms with van der Waals surface area (Å²) in [5.41, 5.74) is 4.71. The molecule has 2 aromatic carbocycles. The highest BCUT2D eigenvalue weighted by Gasteiger charge is 2.32. The lowest BCUT2D eigenvalue weighted by atomic mass is 9.78. The lowest BCUT2D eigenvalue weighted by Gasteiger charge is -2.34. The van der Waals surface area contributed by atoms with Crippen LogP contribution < -0.4 is 9.64 Å². The number of ether oxygens (including phenoxy) is 1. The molecule has 3 aromatic rings. The summed E-state index contributed by atoms with van der Waals surface area (Å²) in [5, 5.41) is 3.04. The Balaban J connectivity index is 1.34. The van der Waals surface area contributed by atoms with Crippen molar-refractivity contribution < 1.29 is 4.74 Å². The average Bonchev–Trinajstić information content (AvgIpc) is 3.35. The summed E-state index contributed by atoms with van der Waals surface area (Å²) < 4.78 is 6.31. The lowest BCUT2D eigenvalue weighted by molar-refractivity contribution is 0.186. The molecule has 1 aliphatic carbocycles. The Morgan fingerprint density at radius 1 is 1.08 bits per heavy atom. The predicted molar refractivity (Wildman–Crippen MR) is 153 cm³/mol. The van der Waals surface area contributed by atoms with Gasteiger partial charge in [-0.25, -0.2) is 6.57 Å². The van der Waals surface area contributed by atoms with Gasteiger partial charge in [-0.15, -0.1) is 0 Å². The summed E-state index contributed by atoms with van der Waals surface area (Å²) in [6, 6.07) is 13.5. The van der Waals surface area contributed by atoms with E-state index in [1.54, 1.807) is 0 Å². The number of fused-ring (bicyclic) bond motifs is 2. The van der Waals surface area contributed by atoms with Crippen molar-refractivity contribution in [1.82, 2.24) is 14.9 Å². The van der Waals surface area contributed by atoms with Crippen LogP contribution in [0.1, 0.15) is 61.4 Å². The molecule has 3 atom stereocenters. The molecule has 1 unspecified atom stereocenters. The molecular weight excluding hydrogens is 494 g/mol. The number of anilines is 1. The van der Waals surface area contributed by atoms with Crippen LogP contribution in [-0.2, 0) is 13.0 Å². The largest absolute Gasteiger partial charge is 0.462 e. The maximum absolute atomic E-state index is 7.38. The highest BCUT2D eigenvalue weighted by Crippen LogP contribution is 2.41. The number of likely N-dealkylation sites (N-methyl/N-ethyl adjacent to an activating group) is 1. The standard InChI is InChI=1S/C31H36ClN5O/c1-33-18-21-7-3-10-23(17-21)30-25-14-16-37(28-13-5-9-22-8-4-12-26(32)29(22)28)19-27(25)34-31(35-30)38-20-24-11-6-15-36(24)2/h4-5,8-9,12-13,21,23-24H,3,6-7,10-11,14-20H2,2H3/t21-,23?,24+/m1/s1. The van der Waals surface area contributed by atoms with Gasteiger partial charge in [0.05, 0.1) is 23.0 Å². The molecule has 2 aliphatic heterocycles. The van der Waals surface area contributed by atoms with E-state index in [4.69, 9.17) is 32.9 Å². The Bertz CT molecular complexity index is 1350. The van der Waals surface area contributed by atoms with E-state index in [1.807, 2.05) is 12.1 Å². The number of aromatic nitrogens is 2. The van der Waals surface area contributed by atoms with Crippen molar-refractivity contribution in [3.63, 3.8) is 0 Å². The monoisotopic (exact) mass is 529 g/mol. The van der Waals surface area contributed by atoms with Crippen LogP contribution in [0.2, 0.25) is 5.02 Å². The second-order valence-electron chi connectivity index (χ2n) is 11.3. The van der Waals surface area contributed by atoms with E-state index in [0.29, 0.717) is 43.6 Å². The van der Waals surface area contributed by atoms with Gasteiger partial charge in [-0.3, -0.25) is 0 Å². The van der Waals surface area contributed by atoms with Crippen molar-refractivity contribution in [2.75, 3.05) is 38.2 Å². The maximum atomic E-state index is 7.38. The van der Waals surface area contributed by atoms with Gasteiger partial charge in [0.15, 0.2) is 0 Å². The van der Waals surface area contributed by atoms with Crippen molar-refractivity contribution in [2.45, 2.75) is 63.5 Å². The highest BCUT2D eigenvalue weighted by atomic mass is 35.5. The van der Waals surface area contributed by atoms with Crippen molar-refractivity contribution in [3.8, 4) is 6.01 Å². The number of likely N-dealkylation sites (tertiary alicyclic amines) is 1. The van der Waals surface area contributed by atoms with Gasteiger partial charge in [-0.1, -0.05) is 42.3 Å². The second kappa shape index (κ2) is 11.1. The zero-order valence-electron chi connectivity index (χ0n) is 22.2. The first kappa shape index (κ1) is 25.4. The van der Waals surface area contributed by atoms with E-state index < -0.39 is 0 Å². The molecule has 0 amide bonds. The molecule has 0 N–H and O–H groups in total. The molecule has 3 heterocycles. The summed E-state index contributed by atoms with van der Waals surface area (Å²) in [7, 11) is 2.17. The molecule has 198 valence electrons. The van der Waals surface area contributed by atoms with Gasteiger partial charge >= 0.3 is 6.01 Å². The Morgan fingerprint density at radius 2 is 1.95 bits per heavy atom. The van der Waals surface area contributed by atoms with Crippen LogP contribution in [-0.4, -0.2) is 54.2 Å². The Kier molecular flexibility index (Phi) is 7.41. The van der Waals surface area contributed by atoms with Crippen LogP contribution in [0.4, 0.5) is 5.69 Å². The molecule has 38 heavy (non-hydrogen) atoms. The topological polar surface area (TPSA) is 45.9 Å². The van der Waals surface area contributed by atoms with Crippen LogP contribution in [0.5, 0.6) is 6.01 Å². The Labute approximate surface area is 230 Å². The van der Waals surface area contributed by atoms with Gasteiger partial charge < -0.3 is 19.4 Å². The van der Waals surface area contributed by atoms with E-state index in [1.165, 1.54) is 17.7 Å². The summed E-state index contributed by atoms with van der Waals surface area (Å²) in [4.78, 5) is 18.6. The number of rotatable bonds is 6. The smallest absolute Gasteiger partial charge is 0.316 e. The second-order valence-corrected chi connectivity index (χ2v) is 11.7. The molecule has 0 radical (unpaired) electrons. The minimum Gasteiger partial charge on any atom is -0.462 e. The first-order valence-corrected chi connectivity index (χ1v) is 14.5. The first-order valence-electron chi connectivity index (χ1n) is 14.1. The lowest BCUT2D eigenvalue weighted by Crippen LogP contribution is -2.34. The fraction of sp³-hybridized carbons (Fsp3) is 0.516. The van der Waals surface area contributed by atoms with E-state index >= 15 is 0 Å². The quantitative estimate of drug-likeness (QED) is 0.340. The van der Waals surface area contributed by atoms with Gasteiger partial charge in [0.1, 0.15) is 6.61 Å². The molecule has 0 bridgehead atoms. The summed E-state index contributed by atoms with van der Waals surface area (Å²) >= 11 is 6.69. The molecule has 6 rings (SSSR count). The molecular formula is C31H36ClN5O. The minimum atomic E-state index is 0.377. The SMILES string of the molecule is [C-]#[N+]C[C@@H]1CCCC(c2nc(OC[C@@H]3CCCN3C)nc3c2CCN(c2cccc4cccc(Cl)c24)C3)C1. The molecule has 0 spiro atoms. The molecule has 1 saturated carbocycles. The first-order chi connectivity index (χ1) is 18.6. The fourth-order valence-corrected chi connectivity index (χ4v) is 7.06.